The molecule has 0 unspecified atom stereocenters. The van der Waals surface area contributed by atoms with Crippen molar-refractivity contribution >= 4 is 11.8 Å². The summed E-state index contributed by atoms with van der Waals surface area (Å²) in [6.07, 6.45) is 0.209. The molecule has 0 saturated carbocycles. The molecule has 3 atom stereocenters. The van der Waals surface area contributed by atoms with Crippen LogP contribution in [0.4, 0.5) is 0 Å². The molecule has 146 valence electrons. The van der Waals surface area contributed by atoms with Gasteiger partial charge in [-0.15, -0.1) is 0 Å². The third-order valence-electron chi connectivity index (χ3n) is 5.37. The molecular weight excluding hydrogens is 356 g/mol. The zero-order valence-corrected chi connectivity index (χ0v) is 15.8. The van der Waals surface area contributed by atoms with Crippen molar-refractivity contribution in [1.29, 1.82) is 0 Å². The molecule has 0 bridgehead atoms. The van der Waals surface area contributed by atoms with E-state index in [1.807, 2.05) is 61.5 Å². The molecule has 6 nitrogen and oxygen atoms in total. The Morgan fingerprint density at radius 1 is 1.14 bits per heavy atom. The minimum atomic E-state index is -0.524. The van der Waals surface area contributed by atoms with Crippen molar-refractivity contribution in [1.82, 2.24) is 10.2 Å². The minimum absolute atomic E-state index is 0.00274. The lowest BCUT2D eigenvalue weighted by molar-refractivity contribution is -0.133. The highest BCUT2D eigenvalue weighted by molar-refractivity contribution is 5.84. The second-order valence-corrected chi connectivity index (χ2v) is 7.30. The Kier molecular flexibility index (Phi) is 5.19. The van der Waals surface area contributed by atoms with Gasteiger partial charge in [-0.3, -0.25) is 9.59 Å². The summed E-state index contributed by atoms with van der Waals surface area (Å²) in [5, 5.41) is 3.05. The van der Waals surface area contributed by atoms with Crippen molar-refractivity contribution in [3.05, 3.63) is 60.2 Å². The molecule has 2 aliphatic rings. The molecule has 28 heavy (non-hydrogen) atoms. The predicted octanol–water partition coefficient (Wildman–Crippen LogP) is 2.35. The van der Waals surface area contributed by atoms with Gasteiger partial charge in [0.1, 0.15) is 11.5 Å². The predicted molar refractivity (Wildman–Crippen MR) is 104 cm³/mol. The van der Waals surface area contributed by atoms with E-state index in [2.05, 4.69) is 5.32 Å². The van der Waals surface area contributed by atoms with Gasteiger partial charge in [-0.05, 0) is 24.6 Å². The van der Waals surface area contributed by atoms with Crippen molar-refractivity contribution in [3.8, 4) is 11.5 Å². The third-order valence-corrected chi connectivity index (χ3v) is 5.37. The summed E-state index contributed by atoms with van der Waals surface area (Å²) in [6, 6.07) is 17.0. The van der Waals surface area contributed by atoms with Gasteiger partial charge in [-0.1, -0.05) is 43.3 Å². The van der Waals surface area contributed by atoms with E-state index < -0.39 is 6.10 Å². The smallest absolute Gasteiger partial charge is 0.261 e. The molecule has 6 heteroatoms. The Labute approximate surface area is 164 Å². The van der Waals surface area contributed by atoms with Gasteiger partial charge in [0.25, 0.3) is 11.8 Å². The molecule has 1 saturated heterocycles. The van der Waals surface area contributed by atoms with E-state index in [0.29, 0.717) is 18.8 Å². The fraction of sp³-hybridized carbons (Fsp3) is 0.364. The first-order valence-corrected chi connectivity index (χ1v) is 9.63. The van der Waals surface area contributed by atoms with Crippen LogP contribution >= 0.6 is 0 Å². The fourth-order valence-electron chi connectivity index (χ4n) is 3.79. The number of carbonyl (C=O) groups excluding carboxylic acids is 2. The zero-order chi connectivity index (χ0) is 19.5. The summed E-state index contributed by atoms with van der Waals surface area (Å²) in [5.74, 6) is 1.26. The van der Waals surface area contributed by atoms with Gasteiger partial charge in [0.2, 0.25) is 0 Å². The highest BCUT2D eigenvalue weighted by Gasteiger charge is 2.38. The number of nitrogens with one attached hydrogen (secondary N) is 1. The summed E-state index contributed by atoms with van der Waals surface area (Å²) in [5.41, 5.74) is 1.06. The molecule has 1 N–H and O–H groups in total. The zero-order valence-electron chi connectivity index (χ0n) is 15.8. The largest absolute Gasteiger partial charge is 0.484 e. The van der Waals surface area contributed by atoms with E-state index in [-0.39, 0.29) is 30.4 Å². The molecule has 2 aromatic rings. The van der Waals surface area contributed by atoms with Gasteiger partial charge in [0, 0.05) is 30.6 Å². The average Bonchev–Trinajstić information content (AvgIpc) is 3.32. The number of nitrogens with zero attached hydrogens (tertiary/aromatic N) is 1. The first-order chi connectivity index (χ1) is 13.6. The molecule has 0 radical (unpaired) electrons. The SMILES string of the molecule is C[C@@H]1c2ccccc2O[C@H]1C(=O)N[C@@H]1CCN(C(=O)COc2ccccc2)C1. The number of carbonyl (C=O) groups is 2. The van der Waals surface area contributed by atoms with Crippen LogP contribution in [-0.2, 0) is 9.59 Å². The van der Waals surface area contributed by atoms with E-state index in [0.717, 1.165) is 17.7 Å². The summed E-state index contributed by atoms with van der Waals surface area (Å²) in [4.78, 5) is 26.8. The maximum absolute atomic E-state index is 12.7. The van der Waals surface area contributed by atoms with E-state index in [1.54, 1.807) is 4.90 Å². The standard InChI is InChI=1S/C22H24N2O4/c1-15-18-9-5-6-10-19(18)28-21(15)22(26)23-16-11-12-24(13-16)20(25)14-27-17-7-3-2-4-8-17/h2-10,15-16,21H,11-14H2,1H3,(H,23,26)/t15-,16-,21-/m1/s1. The Bertz CT molecular complexity index is 855. The quantitative estimate of drug-likeness (QED) is 0.865. The average molecular weight is 380 g/mol. The maximum Gasteiger partial charge on any atom is 0.261 e. The van der Waals surface area contributed by atoms with Crippen LogP contribution in [0.5, 0.6) is 11.5 Å². The number of fused-ring (bicyclic) bond motifs is 1. The van der Waals surface area contributed by atoms with Crippen LogP contribution in [0, 0.1) is 0 Å². The first-order valence-electron chi connectivity index (χ1n) is 9.63. The van der Waals surface area contributed by atoms with Gasteiger partial charge in [0.15, 0.2) is 12.7 Å². The molecule has 2 amide bonds. The molecular formula is C22H24N2O4. The van der Waals surface area contributed by atoms with Gasteiger partial charge in [-0.25, -0.2) is 0 Å². The number of benzene rings is 2. The van der Waals surface area contributed by atoms with Crippen LogP contribution in [-0.4, -0.2) is 48.6 Å². The number of amides is 2. The molecule has 0 spiro atoms. The number of ether oxygens (including phenoxy) is 2. The number of hydrogen-bond acceptors (Lipinski definition) is 4. The van der Waals surface area contributed by atoms with Crippen LogP contribution in [0.1, 0.15) is 24.8 Å². The van der Waals surface area contributed by atoms with Crippen LogP contribution in [0.3, 0.4) is 0 Å². The second kappa shape index (κ2) is 7.92. The van der Waals surface area contributed by atoms with Gasteiger partial charge >= 0.3 is 0 Å². The molecule has 1 fully saturated rings. The third kappa shape index (κ3) is 3.81. The monoisotopic (exact) mass is 380 g/mol. The van der Waals surface area contributed by atoms with Crippen molar-refractivity contribution in [2.24, 2.45) is 0 Å². The minimum Gasteiger partial charge on any atom is -0.484 e. The number of para-hydroxylation sites is 2. The highest BCUT2D eigenvalue weighted by atomic mass is 16.5. The Morgan fingerprint density at radius 3 is 2.68 bits per heavy atom. The summed E-state index contributed by atoms with van der Waals surface area (Å²) >= 11 is 0. The van der Waals surface area contributed by atoms with Crippen molar-refractivity contribution < 1.29 is 19.1 Å². The lowest BCUT2D eigenvalue weighted by atomic mass is 9.97. The summed E-state index contributed by atoms with van der Waals surface area (Å²) < 4.78 is 11.4. The Hall–Kier alpha value is -3.02. The molecule has 0 aliphatic carbocycles. The van der Waals surface area contributed by atoms with E-state index >= 15 is 0 Å². The summed E-state index contributed by atoms with van der Waals surface area (Å²) in [6.45, 7) is 3.12. The molecule has 4 rings (SSSR count). The Balaban J connectivity index is 1.27. The van der Waals surface area contributed by atoms with Crippen molar-refractivity contribution in [3.63, 3.8) is 0 Å². The number of likely N-dealkylation sites (tertiary alicyclic amines) is 1. The van der Waals surface area contributed by atoms with Gasteiger partial charge in [0.05, 0.1) is 0 Å². The Morgan fingerprint density at radius 2 is 1.89 bits per heavy atom. The topological polar surface area (TPSA) is 67.9 Å². The van der Waals surface area contributed by atoms with Gasteiger partial charge < -0.3 is 19.7 Å². The lowest BCUT2D eigenvalue weighted by Gasteiger charge is -2.20. The van der Waals surface area contributed by atoms with Crippen LogP contribution in [0.2, 0.25) is 0 Å². The summed E-state index contributed by atoms with van der Waals surface area (Å²) in [7, 11) is 0. The van der Waals surface area contributed by atoms with Gasteiger partial charge in [-0.2, -0.15) is 0 Å². The van der Waals surface area contributed by atoms with Crippen LogP contribution in [0.15, 0.2) is 54.6 Å². The van der Waals surface area contributed by atoms with Crippen LogP contribution in [0.25, 0.3) is 0 Å². The number of rotatable bonds is 5. The van der Waals surface area contributed by atoms with E-state index in [1.165, 1.54) is 0 Å². The van der Waals surface area contributed by atoms with E-state index in [4.69, 9.17) is 9.47 Å². The normalized spacial score (nSPS) is 23.0. The first kappa shape index (κ1) is 18.3. The number of hydrogen-bond donors (Lipinski definition) is 1. The maximum atomic E-state index is 12.7. The molecule has 2 aromatic carbocycles. The van der Waals surface area contributed by atoms with Crippen LogP contribution < -0.4 is 14.8 Å². The molecule has 2 aliphatic heterocycles. The van der Waals surface area contributed by atoms with Crippen molar-refractivity contribution in [2.45, 2.75) is 31.4 Å². The highest BCUT2D eigenvalue weighted by Crippen LogP contribution is 2.37. The molecule has 2 heterocycles. The fourth-order valence-corrected chi connectivity index (χ4v) is 3.79. The lowest BCUT2D eigenvalue weighted by Crippen LogP contribution is -2.45. The van der Waals surface area contributed by atoms with E-state index in [9.17, 15) is 9.59 Å². The molecule has 0 aromatic heterocycles. The second-order valence-electron chi connectivity index (χ2n) is 7.30. The van der Waals surface area contributed by atoms with Crippen molar-refractivity contribution in [2.75, 3.05) is 19.7 Å².